The molecule has 1 saturated carbocycles. The molecule has 2 rings (SSSR count). The van der Waals surface area contributed by atoms with Crippen molar-refractivity contribution in [1.29, 1.82) is 0 Å². The first-order valence-corrected chi connectivity index (χ1v) is 5.90. The summed E-state index contributed by atoms with van der Waals surface area (Å²) in [5.74, 6) is 0.562. The first-order chi connectivity index (χ1) is 7.59. The normalized spacial score (nSPS) is 24.7. The molecule has 2 unspecified atom stereocenters. The van der Waals surface area contributed by atoms with Crippen LogP contribution in [0, 0.1) is 24.6 Å². The number of Topliss-reactive ketones (excluding diaryl/α,β-unsaturated/α-hetero) is 1. The summed E-state index contributed by atoms with van der Waals surface area (Å²) in [4.78, 5) is 12.2. The van der Waals surface area contributed by atoms with Crippen LogP contribution in [-0.2, 0) is 0 Å². The zero-order chi connectivity index (χ0) is 11.7. The lowest BCUT2D eigenvalue weighted by atomic mass is 9.89. The number of rotatable bonds is 2. The van der Waals surface area contributed by atoms with E-state index in [1.54, 1.807) is 19.1 Å². The van der Waals surface area contributed by atoms with Gasteiger partial charge in [0.2, 0.25) is 0 Å². The number of ketones is 1. The molecule has 1 aromatic carbocycles. The zero-order valence-corrected chi connectivity index (χ0v) is 9.79. The van der Waals surface area contributed by atoms with Crippen molar-refractivity contribution in [3.63, 3.8) is 0 Å². The third kappa shape index (κ3) is 2.01. The lowest BCUT2D eigenvalue weighted by Crippen LogP contribution is -2.17. The van der Waals surface area contributed by atoms with Crippen molar-refractivity contribution in [3.05, 3.63) is 35.1 Å². The maximum absolute atomic E-state index is 13.1. The topological polar surface area (TPSA) is 17.1 Å². The van der Waals surface area contributed by atoms with Crippen molar-refractivity contribution in [2.24, 2.45) is 11.8 Å². The first-order valence-electron chi connectivity index (χ1n) is 5.90. The van der Waals surface area contributed by atoms with Gasteiger partial charge in [-0.3, -0.25) is 4.79 Å². The van der Waals surface area contributed by atoms with Gasteiger partial charge < -0.3 is 0 Å². The molecule has 2 atom stereocenters. The maximum Gasteiger partial charge on any atom is 0.166 e. The van der Waals surface area contributed by atoms with Gasteiger partial charge in [0.15, 0.2) is 5.78 Å². The van der Waals surface area contributed by atoms with Gasteiger partial charge in [0, 0.05) is 11.5 Å². The quantitative estimate of drug-likeness (QED) is 0.694. The molecule has 2 heteroatoms. The molecule has 0 saturated heterocycles. The SMILES string of the molecule is Cc1cc(C(=O)C2CCCC2C)ccc1F. The highest BCUT2D eigenvalue weighted by Crippen LogP contribution is 2.33. The van der Waals surface area contributed by atoms with Crippen LogP contribution in [0.3, 0.4) is 0 Å². The van der Waals surface area contributed by atoms with E-state index >= 15 is 0 Å². The molecule has 1 fully saturated rings. The van der Waals surface area contributed by atoms with Crippen molar-refractivity contribution in [3.8, 4) is 0 Å². The van der Waals surface area contributed by atoms with E-state index in [1.807, 2.05) is 0 Å². The van der Waals surface area contributed by atoms with E-state index in [1.165, 1.54) is 6.07 Å². The molecule has 1 aromatic rings. The number of aryl methyl sites for hydroxylation is 1. The van der Waals surface area contributed by atoms with Gasteiger partial charge >= 0.3 is 0 Å². The average molecular weight is 220 g/mol. The summed E-state index contributed by atoms with van der Waals surface area (Å²) < 4.78 is 13.1. The fourth-order valence-corrected chi connectivity index (χ4v) is 2.55. The molecule has 0 N–H and O–H groups in total. The maximum atomic E-state index is 13.1. The van der Waals surface area contributed by atoms with E-state index in [2.05, 4.69) is 6.92 Å². The summed E-state index contributed by atoms with van der Waals surface area (Å²) in [7, 11) is 0. The number of hydrogen-bond acceptors (Lipinski definition) is 1. The molecule has 0 spiro atoms. The van der Waals surface area contributed by atoms with Crippen LogP contribution in [0.15, 0.2) is 18.2 Å². The fraction of sp³-hybridized carbons (Fsp3) is 0.500. The summed E-state index contributed by atoms with van der Waals surface area (Å²) in [6, 6.07) is 4.67. The fourth-order valence-electron chi connectivity index (χ4n) is 2.55. The van der Waals surface area contributed by atoms with E-state index in [-0.39, 0.29) is 17.5 Å². The molecule has 86 valence electrons. The Labute approximate surface area is 95.7 Å². The van der Waals surface area contributed by atoms with Crippen LogP contribution in [0.2, 0.25) is 0 Å². The third-order valence-corrected chi connectivity index (χ3v) is 3.64. The predicted molar refractivity (Wildman–Crippen MR) is 62.0 cm³/mol. The first kappa shape index (κ1) is 11.3. The number of benzene rings is 1. The number of hydrogen-bond donors (Lipinski definition) is 0. The Morgan fingerprint density at radius 1 is 1.38 bits per heavy atom. The second-order valence-electron chi connectivity index (χ2n) is 4.84. The van der Waals surface area contributed by atoms with Crippen LogP contribution < -0.4 is 0 Å². The van der Waals surface area contributed by atoms with Gasteiger partial charge in [0.25, 0.3) is 0 Å². The molecular formula is C14H17FO. The van der Waals surface area contributed by atoms with Crippen molar-refractivity contribution in [2.75, 3.05) is 0 Å². The standard InChI is InChI=1S/C14H17FO/c1-9-4-3-5-12(9)14(16)11-6-7-13(15)10(2)8-11/h6-9,12H,3-5H2,1-2H3. The van der Waals surface area contributed by atoms with E-state index in [0.29, 0.717) is 17.0 Å². The Morgan fingerprint density at radius 3 is 2.69 bits per heavy atom. The van der Waals surface area contributed by atoms with Crippen molar-refractivity contribution in [1.82, 2.24) is 0 Å². The largest absolute Gasteiger partial charge is 0.294 e. The summed E-state index contributed by atoms with van der Waals surface area (Å²) in [5, 5.41) is 0. The summed E-state index contributed by atoms with van der Waals surface area (Å²) in [6.07, 6.45) is 3.25. The Bertz CT molecular complexity index is 411. The molecule has 0 heterocycles. The van der Waals surface area contributed by atoms with Crippen molar-refractivity contribution in [2.45, 2.75) is 33.1 Å². The Balaban J connectivity index is 2.23. The van der Waals surface area contributed by atoms with Crippen molar-refractivity contribution >= 4 is 5.78 Å². The molecule has 16 heavy (non-hydrogen) atoms. The molecule has 0 amide bonds. The van der Waals surface area contributed by atoms with Gasteiger partial charge in [-0.2, -0.15) is 0 Å². The van der Waals surface area contributed by atoms with E-state index in [9.17, 15) is 9.18 Å². The van der Waals surface area contributed by atoms with Gasteiger partial charge in [0.1, 0.15) is 5.82 Å². The van der Waals surface area contributed by atoms with Gasteiger partial charge in [-0.05, 0) is 49.4 Å². The molecule has 0 bridgehead atoms. The molecule has 0 aromatic heterocycles. The van der Waals surface area contributed by atoms with Crippen molar-refractivity contribution < 1.29 is 9.18 Å². The van der Waals surface area contributed by atoms with Gasteiger partial charge in [-0.15, -0.1) is 0 Å². The lowest BCUT2D eigenvalue weighted by Gasteiger charge is -2.14. The van der Waals surface area contributed by atoms with Crippen LogP contribution in [-0.4, -0.2) is 5.78 Å². The van der Waals surface area contributed by atoms with Crippen LogP contribution in [0.1, 0.15) is 42.1 Å². The molecule has 1 aliphatic rings. The Kier molecular flexibility index (Phi) is 3.08. The number of halogens is 1. The summed E-state index contributed by atoms with van der Waals surface area (Å²) in [6.45, 7) is 3.83. The molecular weight excluding hydrogens is 203 g/mol. The highest BCUT2D eigenvalue weighted by molar-refractivity contribution is 5.98. The monoisotopic (exact) mass is 220 g/mol. The minimum Gasteiger partial charge on any atom is -0.294 e. The summed E-state index contributed by atoms with van der Waals surface area (Å²) >= 11 is 0. The molecule has 0 radical (unpaired) electrons. The highest BCUT2D eigenvalue weighted by atomic mass is 19.1. The summed E-state index contributed by atoms with van der Waals surface area (Å²) in [5.41, 5.74) is 1.22. The molecule has 1 aliphatic carbocycles. The zero-order valence-electron chi connectivity index (χ0n) is 9.79. The van der Waals surface area contributed by atoms with Crippen LogP contribution in [0.4, 0.5) is 4.39 Å². The minimum absolute atomic E-state index is 0.143. The minimum atomic E-state index is -0.240. The van der Waals surface area contributed by atoms with Crippen LogP contribution in [0.5, 0.6) is 0 Å². The highest BCUT2D eigenvalue weighted by Gasteiger charge is 2.30. The van der Waals surface area contributed by atoms with Gasteiger partial charge in [-0.25, -0.2) is 4.39 Å². The Morgan fingerprint density at radius 2 is 2.12 bits per heavy atom. The van der Waals surface area contributed by atoms with E-state index in [0.717, 1.165) is 19.3 Å². The number of carbonyl (C=O) groups excluding carboxylic acids is 1. The average Bonchev–Trinajstić information content (AvgIpc) is 2.67. The second-order valence-corrected chi connectivity index (χ2v) is 4.84. The lowest BCUT2D eigenvalue weighted by molar-refractivity contribution is 0.0897. The predicted octanol–water partition coefficient (Wildman–Crippen LogP) is 3.75. The molecule has 1 nitrogen and oxygen atoms in total. The van der Waals surface area contributed by atoms with Gasteiger partial charge in [-0.1, -0.05) is 13.3 Å². The smallest absolute Gasteiger partial charge is 0.166 e. The third-order valence-electron chi connectivity index (χ3n) is 3.64. The van der Waals surface area contributed by atoms with E-state index < -0.39 is 0 Å². The van der Waals surface area contributed by atoms with E-state index in [4.69, 9.17) is 0 Å². The van der Waals surface area contributed by atoms with Crippen LogP contribution >= 0.6 is 0 Å². The number of carbonyl (C=O) groups is 1. The molecule has 0 aliphatic heterocycles. The Hall–Kier alpha value is -1.18. The van der Waals surface area contributed by atoms with Gasteiger partial charge in [0.05, 0.1) is 0 Å². The second kappa shape index (κ2) is 4.36. The van der Waals surface area contributed by atoms with Crippen LogP contribution in [0.25, 0.3) is 0 Å².